The van der Waals surface area contributed by atoms with Gasteiger partial charge in [0.15, 0.2) is 5.65 Å². The summed E-state index contributed by atoms with van der Waals surface area (Å²) in [4.78, 5) is 15.7. The molecule has 108 valence electrons. The summed E-state index contributed by atoms with van der Waals surface area (Å²) in [5, 5.41) is 13.7. The van der Waals surface area contributed by atoms with Gasteiger partial charge in [-0.3, -0.25) is 4.79 Å². The molecule has 0 fully saturated rings. The van der Waals surface area contributed by atoms with Crippen LogP contribution in [0.1, 0.15) is 44.7 Å². The number of carbonyl (C=O) groups is 1. The van der Waals surface area contributed by atoms with Crippen LogP contribution >= 0.6 is 11.6 Å². The van der Waals surface area contributed by atoms with Gasteiger partial charge in [-0.2, -0.15) is 5.10 Å². The van der Waals surface area contributed by atoms with Crippen molar-refractivity contribution in [1.29, 1.82) is 0 Å². The second-order valence-electron chi connectivity index (χ2n) is 4.91. The molecule has 0 aliphatic heterocycles. The lowest BCUT2D eigenvalue weighted by Crippen LogP contribution is -2.16. The van der Waals surface area contributed by atoms with Gasteiger partial charge in [0.05, 0.1) is 17.8 Å². The highest BCUT2D eigenvalue weighted by atomic mass is 35.5. The molecule has 2 unspecified atom stereocenters. The number of hydrogen-bond donors (Lipinski definition) is 1. The predicted octanol–water partition coefficient (Wildman–Crippen LogP) is 3.38. The number of imidazole rings is 1. The molecule has 0 aromatic carbocycles. The summed E-state index contributed by atoms with van der Waals surface area (Å²) in [5.74, 6) is -0.950. The van der Waals surface area contributed by atoms with Gasteiger partial charge in [-0.15, -0.1) is 0 Å². The Hall–Kier alpha value is -1.62. The molecule has 0 spiro atoms. The molecule has 0 saturated heterocycles. The van der Waals surface area contributed by atoms with E-state index in [2.05, 4.69) is 10.1 Å². The molecule has 5 nitrogen and oxygen atoms in total. The Morgan fingerprint density at radius 2 is 2.15 bits per heavy atom. The molecule has 2 rings (SSSR count). The first-order valence-electron chi connectivity index (χ1n) is 6.79. The van der Waals surface area contributed by atoms with Crippen molar-refractivity contribution >= 4 is 23.2 Å². The fourth-order valence-corrected chi connectivity index (χ4v) is 2.50. The number of halogens is 1. The molecule has 0 aliphatic rings. The van der Waals surface area contributed by atoms with Crippen molar-refractivity contribution in [1.82, 2.24) is 14.6 Å². The zero-order valence-corrected chi connectivity index (χ0v) is 12.3. The minimum atomic E-state index is -0.740. The molecule has 2 aromatic rings. The third kappa shape index (κ3) is 3.10. The Bertz CT molecular complexity index is 611. The van der Waals surface area contributed by atoms with Crippen LogP contribution < -0.4 is 0 Å². The maximum atomic E-state index is 11.2. The molecule has 2 aromatic heterocycles. The number of rotatable bonds is 6. The summed E-state index contributed by atoms with van der Waals surface area (Å²) < 4.78 is 1.64. The smallest absolute Gasteiger partial charge is 0.306 e. The van der Waals surface area contributed by atoms with Crippen LogP contribution in [0.3, 0.4) is 0 Å². The van der Waals surface area contributed by atoms with Gasteiger partial charge in [-0.25, -0.2) is 9.50 Å². The zero-order chi connectivity index (χ0) is 14.7. The van der Waals surface area contributed by atoms with Gasteiger partial charge in [-0.05, 0) is 31.4 Å². The maximum Gasteiger partial charge on any atom is 0.306 e. The van der Waals surface area contributed by atoms with E-state index in [1.54, 1.807) is 16.6 Å². The van der Waals surface area contributed by atoms with E-state index in [0.29, 0.717) is 18.0 Å². The average molecular weight is 296 g/mol. The number of aliphatic carboxylic acids is 1. The summed E-state index contributed by atoms with van der Waals surface area (Å²) in [5.41, 5.74) is 1.60. The number of carboxylic acids is 1. The van der Waals surface area contributed by atoms with Crippen LogP contribution in [0.5, 0.6) is 0 Å². The summed E-state index contributed by atoms with van der Waals surface area (Å²) in [6.45, 7) is 3.94. The first-order valence-corrected chi connectivity index (χ1v) is 7.17. The number of fused-ring (bicyclic) bond motifs is 1. The third-order valence-corrected chi connectivity index (χ3v) is 3.83. The second kappa shape index (κ2) is 6.22. The quantitative estimate of drug-likeness (QED) is 0.887. The van der Waals surface area contributed by atoms with E-state index in [1.807, 2.05) is 20.0 Å². The fraction of sp³-hybridized carbons (Fsp3) is 0.500. The van der Waals surface area contributed by atoms with Gasteiger partial charge in [-0.1, -0.05) is 25.4 Å². The summed E-state index contributed by atoms with van der Waals surface area (Å²) >= 11 is 5.85. The van der Waals surface area contributed by atoms with Crippen LogP contribution in [0.15, 0.2) is 18.3 Å². The van der Waals surface area contributed by atoms with Gasteiger partial charge in [0.1, 0.15) is 5.15 Å². The number of nitrogens with zero attached hydrogens (tertiary/aromatic N) is 3. The van der Waals surface area contributed by atoms with E-state index in [1.165, 1.54) is 0 Å². The molecule has 20 heavy (non-hydrogen) atoms. The Morgan fingerprint density at radius 3 is 2.75 bits per heavy atom. The van der Waals surface area contributed by atoms with E-state index in [9.17, 15) is 9.90 Å². The number of carboxylic acid groups (broad SMARTS) is 1. The van der Waals surface area contributed by atoms with E-state index in [0.717, 1.165) is 17.8 Å². The van der Waals surface area contributed by atoms with Crippen molar-refractivity contribution in [3.63, 3.8) is 0 Å². The number of hydrogen-bond acceptors (Lipinski definition) is 3. The van der Waals surface area contributed by atoms with Crippen LogP contribution in [0, 0.1) is 5.92 Å². The molecule has 0 aliphatic carbocycles. The van der Waals surface area contributed by atoms with Crippen molar-refractivity contribution in [3.8, 4) is 0 Å². The molecule has 6 heteroatoms. The van der Waals surface area contributed by atoms with Crippen molar-refractivity contribution in [2.24, 2.45) is 5.92 Å². The summed E-state index contributed by atoms with van der Waals surface area (Å²) in [7, 11) is 0. The molecule has 0 amide bonds. The van der Waals surface area contributed by atoms with Crippen LogP contribution in [0.2, 0.25) is 5.15 Å². The second-order valence-corrected chi connectivity index (χ2v) is 5.30. The molecular weight excluding hydrogens is 278 g/mol. The highest BCUT2D eigenvalue weighted by Gasteiger charge is 2.23. The van der Waals surface area contributed by atoms with E-state index in [-0.39, 0.29) is 11.8 Å². The van der Waals surface area contributed by atoms with Gasteiger partial charge in [0, 0.05) is 5.92 Å². The van der Waals surface area contributed by atoms with E-state index < -0.39 is 5.97 Å². The van der Waals surface area contributed by atoms with Crippen molar-refractivity contribution in [2.75, 3.05) is 0 Å². The predicted molar refractivity (Wildman–Crippen MR) is 77.1 cm³/mol. The molecule has 0 bridgehead atoms. The van der Waals surface area contributed by atoms with Gasteiger partial charge in [0.2, 0.25) is 0 Å². The van der Waals surface area contributed by atoms with E-state index >= 15 is 0 Å². The zero-order valence-electron chi connectivity index (χ0n) is 11.6. The Balaban J connectivity index is 2.27. The summed E-state index contributed by atoms with van der Waals surface area (Å²) in [6, 6.07) is 3.50. The minimum Gasteiger partial charge on any atom is -0.481 e. The molecule has 2 heterocycles. The van der Waals surface area contributed by atoms with Gasteiger partial charge < -0.3 is 5.11 Å². The van der Waals surface area contributed by atoms with Crippen LogP contribution in [0.4, 0.5) is 0 Å². The lowest BCUT2D eigenvalue weighted by atomic mass is 9.89. The maximum absolute atomic E-state index is 11.2. The molecule has 2 atom stereocenters. The minimum absolute atomic E-state index is 0.122. The Morgan fingerprint density at radius 1 is 1.40 bits per heavy atom. The Kier molecular flexibility index (Phi) is 4.60. The standard InChI is InChI=1S/C14H18ClN3O2/c1-3-9(7-10(4-2)14(19)20)11-8-18-13(16-11)6-5-12(15)17-18/h5-6,8-10H,3-4,7H2,1-2H3,(H,19,20). The number of aromatic nitrogens is 3. The monoisotopic (exact) mass is 295 g/mol. The SMILES string of the molecule is CCC(CC(CC)c1cn2nc(Cl)ccc2n1)C(=O)O. The van der Waals surface area contributed by atoms with Crippen LogP contribution in [-0.2, 0) is 4.79 Å². The van der Waals surface area contributed by atoms with Crippen molar-refractivity contribution in [3.05, 3.63) is 29.2 Å². The molecule has 0 saturated carbocycles. The van der Waals surface area contributed by atoms with Gasteiger partial charge in [0.25, 0.3) is 0 Å². The summed E-state index contributed by atoms with van der Waals surface area (Å²) in [6.07, 6.45) is 3.91. The van der Waals surface area contributed by atoms with Crippen molar-refractivity contribution < 1.29 is 9.90 Å². The Labute approximate surface area is 122 Å². The lowest BCUT2D eigenvalue weighted by molar-refractivity contribution is -0.142. The lowest BCUT2D eigenvalue weighted by Gasteiger charge is -2.16. The van der Waals surface area contributed by atoms with Crippen LogP contribution in [-0.4, -0.2) is 25.7 Å². The average Bonchev–Trinajstić information content (AvgIpc) is 2.82. The van der Waals surface area contributed by atoms with Crippen LogP contribution in [0.25, 0.3) is 5.65 Å². The highest BCUT2D eigenvalue weighted by Crippen LogP contribution is 2.28. The normalized spacial score (nSPS) is 14.3. The topological polar surface area (TPSA) is 67.5 Å². The third-order valence-electron chi connectivity index (χ3n) is 3.63. The molecule has 0 radical (unpaired) electrons. The van der Waals surface area contributed by atoms with E-state index in [4.69, 9.17) is 11.6 Å². The first-order chi connectivity index (χ1) is 9.55. The largest absolute Gasteiger partial charge is 0.481 e. The molecule has 1 N–H and O–H groups in total. The van der Waals surface area contributed by atoms with Crippen molar-refractivity contribution in [2.45, 2.75) is 39.0 Å². The fourth-order valence-electron chi connectivity index (χ4n) is 2.36. The first kappa shape index (κ1) is 14.8. The van der Waals surface area contributed by atoms with Gasteiger partial charge >= 0.3 is 5.97 Å². The highest BCUT2D eigenvalue weighted by molar-refractivity contribution is 6.29. The molecular formula is C14H18ClN3O2.